The largest absolute Gasteiger partial charge is 0.326 e. The Bertz CT molecular complexity index is 1110. The number of rotatable bonds is 4. The maximum absolute atomic E-state index is 13.1. The van der Waals surface area contributed by atoms with E-state index in [-0.39, 0.29) is 17.3 Å². The van der Waals surface area contributed by atoms with Crippen LogP contribution in [-0.4, -0.2) is 36.7 Å². The summed E-state index contributed by atoms with van der Waals surface area (Å²) in [6, 6.07) is 10.2. The molecule has 6 nitrogen and oxygen atoms in total. The smallest absolute Gasteiger partial charge is 0.243 e. The molecule has 1 aliphatic rings. The van der Waals surface area contributed by atoms with Gasteiger partial charge in [0.25, 0.3) is 0 Å². The van der Waals surface area contributed by atoms with Gasteiger partial charge in [0.1, 0.15) is 5.82 Å². The van der Waals surface area contributed by atoms with Gasteiger partial charge in [0, 0.05) is 18.8 Å². The number of hydrogen-bond acceptors (Lipinski definition) is 5. The van der Waals surface area contributed by atoms with Crippen LogP contribution in [-0.2, 0) is 14.8 Å². The number of hydrogen-bond donors (Lipinski definition) is 1. The van der Waals surface area contributed by atoms with E-state index in [0.29, 0.717) is 25.1 Å². The number of piperidine rings is 1. The molecule has 0 aliphatic carbocycles. The number of carbonyl (C=O) groups excluding carboxylic acids is 1. The molecule has 0 bridgehead atoms. The highest BCUT2D eigenvalue weighted by Crippen LogP contribution is 2.26. The van der Waals surface area contributed by atoms with Crippen LogP contribution in [0, 0.1) is 11.7 Å². The predicted molar refractivity (Wildman–Crippen MR) is 106 cm³/mol. The summed E-state index contributed by atoms with van der Waals surface area (Å²) in [7, 11) is -3.76. The molecule has 1 aromatic heterocycles. The van der Waals surface area contributed by atoms with Crippen molar-refractivity contribution in [3.8, 4) is 0 Å². The summed E-state index contributed by atoms with van der Waals surface area (Å²) in [6.07, 6.45) is 1.20. The summed E-state index contributed by atoms with van der Waals surface area (Å²) >= 11 is 1.49. The number of carbonyl (C=O) groups is 1. The number of benzene rings is 2. The lowest BCUT2D eigenvalue weighted by molar-refractivity contribution is -0.120. The molecule has 146 valence electrons. The van der Waals surface area contributed by atoms with Crippen LogP contribution in [0.4, 0.5) is 10.1 Å². The van der Waals surface area contributed by atoms with Crippen molar-refractivity contribution in [2.45, 2.75) is 17.7 Å². The van der Waals surface area contributed by atoms with Crippen LogP contribution in [0.5, 0.6) is 0 Å². The Kier molecular flexibility index (Phi) is 5.13. The quantitative estimate of drug-likeness (QED) is 0.702. The minimum absolute atomic E-state index is 0.0330. The topological polar surface area (TPSA) is 79.4 Å². The van der Waals surface area contributed by atoms with Crippen LogP contribution in [0.25, 0.3) is 10.2 Å². The first-order valence-electron chi connectivity index (χ1n) is 8.83. The molecule has 2 aromatic carbocycles. The Labute approximate surface area is 166 Å². The zero-order chi connectivity index (χ0) is 19.7. The van der Waals surface area contributed by atoms with Crippen molar-refractivity contribution in [2.75, 3.05) is 18.4 Å². The number of nitrogens with zero attached hydrogens (tertiary/aromatic N) is 2. The summed E-state index contributed by atoms with van der Waals surface area (Å²) in [5.74, 6) is -1.14. The van der Waals surface area contributed by atoms with Crippen molar-refractivity contribution in [3.63, 3.8) is 0 Å². The van der Waals surface area contributed by atoms with Gasteiger partial charge in [-0.25, -0.2) is 17.8 Å². The predicted octanol–water partition coefficient (Wildman–Crippen LogP) is 3.47. The van der Waals surface area contributed by atoms with E-state index in [9.17, 15) is 17.6 Å². The summed E-state index contributed by atoms with van der Waals surface area (Å²) in [5.41, 5.74) is 3.28. The number of fused-ring (bicyclic) bond motifs is 1. The molecule has 1 saturated heterocycles. The maximum atomic E-state index is 13.1. The van der Waals surface area contributed by atoms with E-state index >= 15 is 0 Å². The Morgan fingerprint density at radius 2 is 2.00 bits per heavy atom. The Balaban J connectivity index is 1.48. The van der Waals surface area contributed by atoms with Crippen molar-refractivity contribution in [1.29, 1.82) is 0 Å². The first kappa shape index (κ1) is 19.0. The molecule has 28 heavy (non-hydrogen) atoms. The van der Waals surface area contributed by atoms with E-state index in [1.807, 2.05) is 12.1 Å². The van der Waals surface area contributed by atoms with Crippen molar-refractivity contribution >= 4 is 43.2 Å². The number of amides is 1. The second-order valence-electron chi connectivity index (χ2n) is 6.68. The fraction of sp³-hybridized carbons (Fsp3) is 0.263. The van der Waals surface area contributed by atoms with Crippen LogP contribution >= 0.6 is 11.3 Å². The second-order valence-corrected chi connectivity index (χ2v) is 9.50. The molecule has 4 rings (SSSR count). The number of aromatic nitrogens is 1. The standard InChI is InChI=1S/C19H18FN3O3S2/c20-14-3-6-16(7-4-14)28(25,26)23-9-1-2-13(11-23)19(24)22-15-5-8-17-18(10-15)27-12-21-17/h3-8,10,12-13H,1-2,9,11H2,(H,22,24). The molecule has 3 aromatic rings. The molecule has 2 heterocycles. The molecular formula is C19H18FN3O3S2. The Hall–Kier alpha value is -2.36. The van der Waals surface area contributed by atoms with E-state index in [1.165, 1.54) is 27.8 Å². The molecule has 1 fully saturated rings. The van der Waals surface area contributed by atoms with E-state index in [2.05, 4.69) is 10.3 Å². The first-order valence-corrected chi connectivity index (χ1v) is 11.2. The normalized spacial score (nSPS) is 18.2. The minimum Gasteiger partial charge on any atom is -0.326 e. The van der Waals surface area contributed by atoms with Crippen LogP contribution < -0.4 is 5.32 Å². The first-order chi connectivity index (χ1) is 13.4. The van der Waals surface area contributed by atoms with E-state index in [0.717, 1.165) is 22.3 Å². The van der Waals surface area contributed by atoms with E-state index < -0.39 is 21.8 Å². The zero-order valence-corrected chi connectivity index (χ0v) is 16.5. The highest BCUT2D eigenvalue weighted by molar-refractivity contribution is 7.89. The number of halogens is 1. The molecule has 1 amide bonds. The lowest BCUT2D eigenvalue weighted by Crippen LogP contribution is -2.43. The van der Waals surface area contributed by atoms with Crippen LogP contribution in [0.1, 0.15) is 12.8 Å². The Morgan fingerprint density at radius 1 is 1.21 bits per heavy atom. The van der Waals surface area contributed by atoms with Gasteiger partial charge in [-0.05, 0) is 55.3 Å². The van der Waals surface area contributed by atoms with Gasteiger partial charge >= 0.3 is 0 Å². The maximum Gasteiger partial charge on any atom is 0.243 e. The van der Waals surface area contributed by atoms with Gasteiger partial charge in [-0.15, -0.1) is 11.3 Å². The molecular weight excluding hydrogens is 401 g/mol. The summed E-state index contributed by atoms with van der Waals surface area (Å²) in [6.45, 7) is 0.449. The zero-order valence-electron chi connectivity index (χ0n) is 14.8. The van der Waals surface area contributed by atoms with Gasteiger partial charge in [-0.2, -0.15) is 4.31 Å². The molecule has 1 N–H and O–H groups in total. The molecule has 0 saturated carbocycles. The minimum atomic E-state index is -3.76. The van der Waals surface area contributed by atoms with Crippen molar-refractivity contribution < 1.29 is 17.6 Å². The van der Waals surface area contributed by atoms with Gasteiger partial charge in [0.2, 0.25) is 15.9 Å². The number of thiazole rings is 1. The van der Waals surface area contributed by atoms with Gasteiger partial charge in [0.15, 0.2) is 0 Å². The van der Waals surface area contributed by atoms with Crippen LogP contribution in [0.2, 0.25) is 0 Å². The molecule has 1 aliphatic heterocycles. The summed E-state index contributed by atoms with van der Waals surface area (Å²) in [4.78, 5) is 16.9. The number of nitrogens with one attached hydrogen (secondary N) is 1. The van der Waals surface area contributed by atoms with Gasteiger partial charge in [0.05, 0.1) is 26.5 Å². The average molecular weight is 420 g/mol. The molecule has 0 spiro atoms. The lowest BCUT2D eigenvalue weighted by Gasteiger charge is -2.31. The average Bonchev–Trinajstić information content (AvgIpc) is 3.16. The lowest BCUT2D eigenvalue weighted by atomic mass is 9.99. The van der Waals surface area contributed by atoms with Crippen molar-refractivity contribution in [3.05, 3.63) is 53.8 Å². The summed E-state index contributed by atoms with van der Waals surface area (Å²) < 4.78 is 41.0. The van der Waals surface area contributed by atoms with Crippen molar-refractivity contribution in [1.82, 2.24) is 9.29 Å². The van der Waals surface area contributed by atoms with Gasteiger partial charge in [-0.1, -0.05) is 0 Å². The number of anilines is 1. The fourth-order valence-corrected chi connectivity index (χ4v) is 5.55. The Morgan fingerprint density at radius 3 is 2.79 bits per heavy atom. The second kappa shape index (κ2) is 7.57. The molecule has 0 radical (unpaired) electrons. The summed E-state index contributed by atoms with van der Waals surface area (Å²) in [5, 5.41) is 2.88. The molecule has 1 atom stereocenters. The number of sulfonamides is 1. The van der Waals surface area contributed by atoms with E-state index in [4.69, 9.17) is 0 Å². The fourth-order valence-electron chi connectivity index (χ4n) is 3.31. The third-order valence-electron chi connectivity index (χ3n) is 4.81. The SMILES string of the molecule is O=C(Nc1ccc2ncsc2c1)C1CCCN(S(=O)(=O)c2ccc(F)cc2)C1. The molecule has 1 unspecified atom stereocenters. The highest BCUT2D eigenvalue weighted by Gasteiger charge is 2.33. The van der Waals surface area contributed by atoms with Gasteiger partial charge in [-0.3, -0.25) is 4.79 Å². The van der Waals surface area contributed by atoms with E-state index in [1.54, 1.807) is 11.6 Å². The highest BCUT2D eigenvalue weighted by atomic mass is 32.2. The van der Waals surface area contributed by atoms with Crippen LogP contribution in [0.15, 0.2) is 52.9 Å². The van der Waals surface area contributed by atoms with Gasteiger partial charge < -0.3 is 5.32 Å². The molecule has 9 heteroatoms. The monoisotopic (exact) mass is 419 g/mol. The third-order valence-corrected chi connectivity index (χ3v) is 7.48. The van der Waals surface area contributed by atoms with Crippen LogP contribution in [0.3, 0.4) is 0 Å². The third kappa shape index (κ3) is 3.78. The van der Waals surface area contributed by atoms with Crippen molar-refractivity contribution in [2.24, 2.45) is 5.92 Å².